The predicted molar refractivity (Wildman–Crippen MR) is 80.2 cm³/mol. The summed E-state index contributed by atoms with van der Waals surface area (Å²) in [5.41, 5.74) is 6.51. The van der Waals surface area contributed by atoms with Crippen LogP contribution in [0.25, 0.3) is 0 Å². The first-order chi connectivity index (χ1) is 9.46. The van der Waals surface area contributed by atoms with Crippen LogP contribution in [-0.4, -0.2) is 20.5 Å². The monoisotopic (exact) mass is 359 g/mol. The van der Waals surface area contributed by atoms with Gasteiger partial charge < -0.3 is 15.5 Å². The molecule has 0 aliphatic rings. The van der Waals surface area contributed by atoms with Crippen molar-refractivity contribution in [2.45, 2.75) is 11.4 Å². The van der Waals surface area contributed by atoms with E-state index in [-0.39, 0.29) is 11.4 Å². The van der Waals surface area contributed by atoms with Gasteiger partial charge >= 0.3 is 0 Å². The second-order valence-corrected chi connectivity index (χ2v) is 6.56. The number of aromatic nitrogens is 1. The van der Waals surface area contributed by atoms with Gasteiger partial charge in [-0.25, -0.2) is 8.42 Å². The zero-order valence-electron chi connectivity index (χ0n) is 10.7. The molecule has 0 aliphatic heterocycles. The van der Waals surface area contributed by atoms with Crippen molar-refractivity contribution in [3.63, 3.8) is 0 Å². The van der Waals surface area contributed by atoms with Gasteiger partial charge in [0.1, 0.15) is 10.6 Å². The number of halogens is 1. The quantitative estimate of drug-likeness (QED) is 0.760. The van der Waals surface area contributed by atoms with Crippen molar-refractivity contribution in [3.8, 4) is 5.75 Å². The number of methoxy groups -OCH3 is 1. The Morgan fingerprint density at radius 2 is 2.15 bits per heavy atom. The van der Waals surface area contributed by atoms with E-state index in [0.717, 1.165) is 4.47 Å². The van der Waals surface area contributed by atoms with Crippen molar-refractivity contribution in [2.75, 3.05) is 11.8 Å². The zero-order chi connectivity index (χ0) is 14.8. The highest BCUT2D eigenvalue weighted by Crippen LogP contribution is 2.29. The highest BCUT2D eigenvalue weighted by molar-refractivity contribution is 9.10. The summed E-state index contributed by atoms with van der Waals surface area (Å²) >= 11 is 3.31. The SMILES string of the molecule is COc1cc(NS(=O)(=O)c2c[nH]c(CN)c2)ccc1Br. The Morgan fingerprint density at radius 3 is 2.75 bits per heavy atom. The molecule has 4 N–H and O–H groups in total. The Balaban J connectivity index is 2.28. The Hall–Kier alpha value is -1.51. The number of nitrogens with one attached hydrogen (secondary N) is 2. The lowest BCUT2D eigenvalue weighted by atomic mass is 10.3. The Morgan fingerprint density at radius 1 is 1.40 bits per heavy atom. The maximum atomic E-state index is 12.2. The van der Waals surface area contributed by atoms with Crippen molar-refractivity contribution >= 4 is 31.6 Å². The van der Waals surface area contributed by atoms with E-state index in [1.807, 2.05) is 0 Å². The number of anilines is 1. The van der Waals surface area contributed by atoms with Gasteiger partial charge in [-0.1, -0.05) is 0 Å². The zero-order valence-corrected chi connectivity index (χ0v) is 13.1. The van der Waals surface area contributed by atoms with Gasteiger partial charge in [-0.15, -0.1) is 0 Å². The van der Waals surface area contributed by atoms with Gasteiger partial charge in [-0.3, -0.25) is 4.72 Å². The van der Waals surface area contributed by atoms with Crippen molar-refractivity contribution in [3.05, 3.63) is 40.6 Å². The lowest BCUT2D eigenvalue weighted by molar-refractivity contribution is 0.412. The fourth-order valence-corrected chi connectivity index (χ4v) is 3.10. The molecular formula is C12H14BrN3O3S. The van der Waals surface area contributed by atoms with E-state index in [1.54, 1.807) is 18.2 Å². The van der Waals surface area contributed by atoms with Gasteiger partial charge in [0.05, 0.1) is 17.3 Å². The predicted octanol–water partition coefficient (Wildman–Crippen LogP) is 2.05. The van der Waals surface area contributed by atoms with Crippen LogP contribution < -0.4 is 15.2 Å². The number of aromatic amines is 1. The molecule has 0 saturated carbocycles. The van der Waals surface area contributed by atoms with Crippen LogP contribution in [0.1, 0.15) is 5.69 Å². The maximum absolute atomic E-state index is 12.2. The van der Waals surface area contributed by atoms with Crippen LogP contribution in [0.15, 0.2) is 39.8 Å². The van der Waals surface area contributed by atoms with Crippen LogP contribution in [0.2, 0.25) is 0 Å². The topological polar surface area (TPSA) is 97.2 Å². The van der Waals surface area contributed by atoms with Crippen molar-refractivity contribution in [1.29, 1.82) is 0 Å². The van der Waals surface area contributed by atoms with Crippen LogP contribution in [0.5, 0.6) is 5.75 Å². The molecule has 0 spiro atoms. The third kappa shape index (κ3) is 3.14. The number of rotatable bonds is 5. The highest BCUT2D eigenvalue weighted by Gasteiger charge is 2.16. The van der Waals surface area contributed by atoms with Crippen molar-refractivity contribution in [1.82, 2.24) is 4.98 Å². The summed E-state index contributed by atoms with van der Waals surface area (Å²) in [6.45, 7) is 0.252. The fourth-order valence-electron chi connectivity index (χ4n) is 1.63. The number of nitrogens with two attached hydrogens (primary N) is 1. The molecule has 0 amide bonds. The summed E-state index contributed by atoms with van der Waals surface area (Å²) in [4.78, 5) is 2.94. The lowest BCUT2D eigenvalue weighted by Crippen LogP contribution is -2.12. The average Bonchev–Trinajstić information content (AvgIpc) is 2.90. The molecule has 20 heavy (non-hydrogen) atoms. The first-order valence-electron chi connectivity index (χ1n) is 5.70. The number of benzene rings is 1. The standard InChI is InChI=1S/C12H14BrN3O3S/c1-19-12-5-8(2-3-11(12)13)16-20(17,18)10-4-9(6-14)15-7-10/h2-5,7,15-16H,6,14H2,1H3. The minimum absolute atomic E-state index is 0.139. The molecule has 0 fully saturated rings. The molecule has 0 atom stereocenters. The normalized spacial score (nSPS) is 11.3. The number of hydrogen-bond donors (Lipinski definition) is 3. The van der Waals surface area contributed by atoms with Crippen LogP contribution >= 0.6 is 15.9 Å². The second-order valence-electron chi connectivity index (χ2n) is 4.02. The summed E-state index contributed by atoms with van der Waals surface area (Å²) in [5, 5.41) is 0. The number of H-pyrrole nitrogens is 1. The fraction of sp³-hybridized carbons (Fsp3) is 0.167. The van der Waals surface area contributed by atoms with Gasteiger partial charge in [0, 0.05) is 24.5 Å². The largest absolute Gasteiger partial charge is 0.495 e. The molecule has 108 valence electrons. The van der Waals surface area contributed by atoms with Gasteiger partial charge in [-0.05, 0) is 34.1 Å². The molecule has 6 nitrogen and oxygen atoms in total. The van der Waals surface area contributed by atoms with Gasteiger partial charge in [0.2, 0.25) is 0 Å². The molecule has 1 heterocycles. The molecule has 1 aromatic heterocycles. The van der Waals surface area contributed by atoms with E-state index in [1.165, 1.54) is 19.4 Å². The minimum atomic E-state index is -3.65. The summed E-state index contributed by atoms with van der Waals surface area (Å²) in [6.07, 6.45) is 1.40. The van der Waals surface area contributed by atoms with Crippen LogP contribution in [0.4, 0.5) is 5.69 Å². The smallest absolute Gasteiger partial charge is 0.263 e. The van der Waals surface area contributed by atoms with Crippen molar-refractivity contribution in [2.24, 2.45) is 5.73 Å². The van der Waals surface area contributed by atoms with E-state index < -0.39 is 10.0 Å². The molecular weight excluding hydrogens is 346 g/mol. The molecule has 0 radical (unpaired) electrons. The molecule has 0 saturated heterocycles. The Kier molecular flexibility index (Phi) is 4.36. The third-order valence-corrected chi connectivity index (χ3v) is 4.67. The molecule has 1 aromatic carbocycles. The van der Waals surface area contributed by atoms with Crippen molar-refractivity contribution < 1.29 is 13.2 Å². The maximum Gasteiger partial charge on any atom is 0.263 e. The van der Waals surface area contributed by atoms with Gasteiger partial charge in [0.25, 0.3) is 10.0 Å². The lowest BCUT2D eigenvalue weighted by Gasteiger charge is -2.09. The van der Waals surface area contributed by atoms with Crippen LogP contribution in [-0.2, 0) is 16.6 Å². The van der Waals surface area contributed by atoms with Crippen LogP contribution in [0, 0.1) is 0 Å². The minimum Gasteiger partial charge on any atom is -0.495 e. The van der Waals surface area contributed by atoms with Gasteiger partial charge in [-0.2, -0.15) is 0 Å². The molecule has 2 rings (SSSR count). The summed E-state index contributed by atoms with van der Waals surface area (Å²) in [7, 11) is -2.14. The molecule has 2 aromatic rings. The van der Waals surface area contributed by atoms with E-state index in [9.17, 15) is 8.42 Å². The first kappa shape index (κ1) is 14.9. The van der Waals surface area contributed by atoms with E-state index in [2.05, 4.69) is 25.6 Å². The Bertz CT molecular complexity index is 712. The second kappa shape index (κ2) is 5.86. The molecule has 0 unspecified atom stereocenters. The number of sulfonamides is 1. The first-order valence-corrected chi connectivity index (χ1v) is 7.97. The summed E-state index contributed by atoms with van der Waals surface area (Å²) in [6, 6.07) is 6.44. The van der Waals surface area contributed by atoms with Crippen LogP contribution in [0.3, 0.4) is 0 Å². The molecule has 8 heteroatoms. The van der Waals surface area contributed by atoms with Gasteiger partial charge in [0.15, 0.2) is 0 Å². The third-order valence-electron chi connectivity index (χ3n) is 2.65. The summed E-state index contributed by atoms with van der Waals surface area (Å²) < 4.78 is 32.7. The highest BCUT2D eigenvalue weighted by atomic mass is 79.9. The average molecular weight is 360 g/mol. The summed E-state index contributed by atoms with van der Waals surface area (Å²) in [5.74, 6) is 0.543. The molecule has 0 aliphatic carbocycles. The molecule has 0 bridgehead atoms. The number of hydrogen-bond acceptors (Lipinski definition) is 4. The Labute approximate surface area is 125 Å². The van der Waals surface area contributed by atoms with E-state index in [4.69, 9.17) is 10.5 Å². The van der Waals surface area contributed by atoms with E-state index >= 15 is 0 Å². The van der Waals surface area contributed by atoms with E-state index in [0.29, 0.717) is 17.1 Å². The number of ether oxygens (including phenoxy) is 1.